The smallest absolute Gasteiger partial charge is 0.00638 e. The summed E-state index contributed by atoms with van der Waals surface area (Å²) in [5.74, 6) is 0.921. The minimum Gasteiger partial charge on any atom is -0.304 e. The predicted octanol–water partition coefficient (Wildman–Crippen LogP) is 15.7. The van der Waals surface area contributed by atoms with E-state index in [0.717, 1.165) is 12.0 Å². The molecule has 0 saturated heterocycles. The molecular weight excluding hydrogens is 530 g/mol. The highest BCUT2D eigenvalue weighted by Gasteiger charge is 2.08. The van der Waals surface area contributed by atoms with Crippen LogP contribution in [0.3, 0.4) is 0 Å². The van der Waals surface area contributed by atoms with Gasteiger partial charge in [-0.05, 0) is 45.7 Å². The zero-order valence-electron chi connectivity index (χ0n) is 32.2. The van der Waals surface area contributed by atoms with E-state index in [1.54, 1.807) is 0 Å². The van der Waals surface area contributed by atoms with Gasteiger partial charge in [0.05, 0.1) is 0 Å². The van der Waals surface area contributed by atoms with Crippen molar-refractivity contribution in [2.75, 3.05) is 13.6 Å². The Morgan fingerprint density at radius 1 is 0.432 bits per heavy atom. The van der Waals surface area contributed by atoms with Crippen molar-refractivity contribution in [3.8, 4) is 0 Å². The van der Waals surface area contributed by atoms with Crippen LogP contribution in [0.5, 0.6) is 0 Å². The molecule has 0 bridgehead atoms. The molecule has 0 aromatic heterocycles. The fourth-order valence-corrected chi connectivity index (χ4v) is 6.55. The highest BCUT2D eigenvalue weighted by Crippen LogP contribution is 2.22. The molecule has 0 radical (unpaired) electrons. The first-order valence-electron chi connectivity index (χ1n) is 20.9. The molecule has 0 rings (SSSR count). The Bertz CT molecular complexity index is 483. The lowest BCUT2D eigenvalue weighted by Gasteiger charge is -2.24. The third-order valence-corrected chi connectivity index (χ3v) is 10.0. The van der Waals surface area contributed by atoms with E-state index in [-0.39, 0.29) is 0 Å². The van der Waals surface area contributed by atoms with Crippen LogP contribution in [0.2, 0.25) is 0 Å². The minimum atomic E-state index is 0.773. The van der Waals surface area contributed by atoms with Gasteiger partial charge in [0, 0.05) is 6.04 Å². The van der Waals surface area contributed by atoms with Gasteiger partial charge in [0.15, 0.2) is 0 Å². The molecular formula is C43H89N. The first kappa shape index (κ1) is 45.8. The van der Waals surface area contributed by atoms with Crippen LogP contribution >= 0.6 is 0 Å². The van der Waals surface area contributed by atoms with Crippen molar-refractivity contribution in [3.05, 3.63) is 12.7 Å². The molecule has 0 aliphatic heterocycles. The van der Waals surface area contributed by atoms with Crippen LogP contribution in [-0.2, 0) is 0 Å². The van der Waals surface area contributed by atoms with Crippen molar-refractivity contribution >= 4 is 0 Å². The largest absolute Gasteiger partial charge is 0.304 e. The number of unbranched alkanes of at least 4 members (excludes halogenated alkanes) is 24. The Morgan fingerprint density at radius 2 is 0.727 bits per heavy atom. The summed E-state index contributed by atoms with van der Waals surface area (Å²) in [5.41, 5.74) is 0. The number of nitrogens with zero attached hydrogens (tertiary/aromatic N) is 1. The molecule has 0 aliphatic carbocycles. The fourth-order valence-electron chi connectivity index (χ4n) is 6.55. The van der Waals surface area contributed by atoms with Gasteiger partial charge in [-0.3, -0.25) is 0 Å². The van der Waals surface area contributed by atoms with E-state index in [0.29, 0.717) is 0 Å². The second-order valence-electron chi connectivity index (χ2n) is 14.6. The first-order chi connectivity index (χ1) is 21.6. The molecule has 266 valence electrons. The zero-order valence-corrected chi connectivity index (χ0v) is 32.2. The highest BCUT2D eigenvalue weighted by atomic mass is 15.1. The van der Waals surface area contributed by atoms with Crippen LogP contribution in [-0.4, -0.2) is 24.5 Å². The first-order valence-corrected chi connectivity index (χ1v) is 20.9. The predicted molar refractivity (Wildman–Crippen MR) is 206 cm³/mol. The Balaban J connectivity index is 0. The van der Waals surface area contributed by atoms with Gasteiger partial charge in [-0.25, -0.2) is 0 Å². The number of hydrogen-bond donors (Lipinski definition) is 0. The van der Waals surface area contributed by atoms with E-state index in [9.17, 15) is 0 Å². The normalized spacial score (nSPS) is 12.1. The van der Waals surface area contributed by atoms with Crippen molar-refractivity contribution in [3.63, 3.8) is 0 Å². The minimum absolute atomic E-state index is 0.773. The monoisotopic (exact) mass is 620 g/mol. The zero-order chi connectivity index (χ0) is 32.8. The molecule has 0 amide bonds. The van der Waals surface area contributed by atoms with Crippen LogP contribution in [0.1, 0.15) is 240 Å². The molecule has 1 heteroatoms. The Hall–Kier alpha value is -0.300. The second kappa shape index (κ2) is 40.7. The summed E-state index contributed by atoms with van der Waals surface area (Å²) in [7, 11) is 2.32. The quantitative estimate of drug-likeness (QED) is 0.0504. The summed E-state index contributed by atoms with van der Waals surface area (Å²) in [5, 5.41) is 0. The summed E-state index contributed by atoms with van der Waals surface area (Å²) >= 11 is 0. The molecule has 1 unspecified atom stereocenters. The Kier molecular flexibility index (Phi) is 42.4. The highest BCUT2D eigenvalue weighted by molar-refractivity contribution is 4.73. The van der Waals surface area contributed by atoms with Crippen molar-refractivity contribution in [1.82, 2.24) is 4.90 Å². The molecule has 1 atom stereocenters. The van der Waals surface area contributed by atoms with E-state index < -0.39 is 0 Å². The number of hydrogen-bond acceptors (Lipinski definition) is 1. The molecule has 0 N–H and O–H groups in total. The molecule has 0 heterocycles. The van der Waals surface area contributed by atoms with Crippen molar-refractivity contribution in [2.45, 2.75) is 246 Å². The lowest BCUT2D eigenvalue weighted by Crippen LogP contribution is -2.29. The van der Waals surface area contributed by atoms with Crippen molar-refractivity contribution in [2.24, 2.45) is 5.92 Å². The maximum Gasteiger partial charge on any atom is 0.00638 e. The van der Waals surface area contributed by atoms with Gasteiger partial charge in [-0.15, -0.1) is 6.58 Å². The van der Waals surface area contributed by atoms with Crippen LogP contribution in [0.15, 0.2) is 12.7 Å². The Morgan fingerprint density at radius 3 is 1.09 bits per heavy atom. The number of rotatable bonds is 35. The summed E-state index contributed by atoms with van der Waals surface area (Å²) in [4.78, 5) is 2.59. The van der Waals surface area contributed by atoms with E-state index in [2.05, 4.69) is 59.2 Å². The van der Waals surface area contributed by atoms with Crippen LogP contribution in [0.4, 0.5) is 0 Å². The van der Waals surface area contributed by atoms with Gasteiger partial charge in [0.25, 0.3) is 0 Å². The van der Waals surface area contributed by atoms with Gasteiger partial charge in [-0.2, -0.15) is 0 Å². The van der Waals surface area contributed by atoms with Gasteiger partial charge in [0.1, 0.15) is 0 Å². The molecule has 0 aliphatic rings. The molecule has 0 aromatic rings. The van der Waals surface area contributed by atoms with Crippen LogP contribution in [0, 0.1) is 5.92 Å². The summed E-state index contributed by atoms with van der Waals surface area (Å²) in [6.45, 7) is 16.8. The summed E-state index contributed by atoms with van der Waals surface area (Å²) < 4.78 is 0. The Labute approximate surface area is 282 Å². The fraction of sp³-hybridized carbons (Fsp3) is 0.953. The second-order valence-corrected chi connectivity index (χ2v) is 14.6. The SMILES string of the molecule is C=CCC(CCCCCCCC)CCCCCCCC.CCCCCCCCCCCCCCN(C)C(C)CCCCCC. The topological polar surface area (TPSA) is 3.24 Å². The molecule has 0 fully saturated rings. The molecule has 0 spiro atoms. The maximum absolute atomic E-state index is 3.94. The van der Waals surface area contributed by atoms with Gasteiger partial charge >= 0.3 is 0 Å². The molecule has 0 aromatic carbocycles. The molecule has 1 nitrogen and oxygen atoms in total. The standard InChI is InChI=1S/C23H49N.C20H40/c1-5-7-9-11-12-13-14-15-16-17-18-20-22-24(4)23(3)21-19-10-8-6-2;1-4-7-9-11-13-15-18-20(17-6-3)19-16-14-12-10-8-5-2/h23H,5-22H2,1-4H3;6,20H,3-5,7-19H2,1-2H3. The van der Waals surface area contributed by atoms with Gasteiger partial charge in [0.2, 0.25) is 0 Å². The average Bonchev–Trinajstić information content (AvgIpc) is 3.03. The van der Waals surface area contributed by atoms with E-state index >= 15 is 0 Å². The van der Waals surface area contributed by atoms with E-state index in [1.807, 2.05) is 0 Å². The summed E-state index contributed by atoms with van der Waals surface area (Å²) in [6.07, 6.45) is 47.7. The number of allylic oxidation sites excluding steroid dienone is 1. The van der Waals surface area contributed by atoms with E-state index in [4.69, 9.17) is 0 Å². The van der Waals surface area contributed by atoms with Crippen LogP contribution in [0.25, 0.3) is 0 Å². The van der Waals surface area contributed by atoms with Gasteiger partial charge in [-0.1, -0.05) is 220 Å². The third kappa shape index (κ3) is 37.9. The third-order valence-electron chi connectivity index (χ3n) is 10.0. The molecule has 0 saturated carbocycles. The lowest BCUT2D eigenvalue weighted by atomic mass is 9.91. The average molecular weight is 620 g/mol. The lowest BCUT2D eigenvalue weighted by molar-refractivity contribution is 0.236. The van der Waals surface area contributed by atoms with Crippen molar-refractivity contribution < 1.29 is 0 Å². The molecule has 44 heavy (non-hydrogen) atoms. The summed E-state index contributed by atoms with van der Waals surface area (Å²) in [6, 6.07) is 0.773. The maximum atomic E-state index is 3.94. The van der Waals surface area contributed by atoms with Crippen LogP contribution < -0.4 is 0 Å². The van der Waals surface area contributed by atoms with Crippen molar-refractivity contribution in [1.29, 1.82) is 0 Å². The van der Waals surface area contributed by atoms with E-state index in [1.165, 1.54) is 212 Å². The van der Waals surface area contributed by atoms with Gasteiger partial charge < -0.3 is 4.90 Å².